The van der Waals surface area contributed by atoms with Gasteiger partial charge in [-0.25, -0.2) is 4.39 Å². The van der Waals surface area contributed by atoms with Gasteiger partial charge >= 0.3 is 0 Å². The van der Waals surface area contributed by atoms with Crippen LogP contribution in [0, 0.1) is 5.82 Å². The summed E-state index contributed by atoms with van der Waals surface area (Å²) in [5, 5.41) is 2.84. The van der Waals surface area contributed by atoms with Gasteiger partial charge in [-0.05, 0) is 50.1 Å². The van der Waals surface area contributed by atoms with Crippen molar-refractivity contribution in [1.82, 2.24) is 5.32 Å². The molecule has 1 atom stereocenters. The number of para-hydroxylation sites is 1. The van der Waals surface area contributed by atoms with E-state index in [9.17, 15) is 14.0 Å². The van der Waals surface area contributed by atoms with E-state index in [2.05, 4.69) is 5.32 Å². The molecule has 0 fully saturated rings. The summed E-state index contributed by atoms with van der Waals surface area (Å²) in [4.78, 5) is 28.3. The zero-order chi connectivity index (χ0) is 18.7. The normalized spacial score (nSPS) is 19.2. The Morgan fingerprint density at radius 3 is 2.73 bits per heavy atom. The maximum atomic E-state index is 13.2. The van der Waals surface area contributed by atoms with E-state index in [1.165, 1.54) is 23.9 Å². The van der Waals surface area contributed by atoms with Gasteiger partial charge in [0.1, 0.15) is 5.82 Å². The third-order valence-electron chi connectivity index (χ3n) is 4.46. The largest absolute Gasteiger partial charge is 0.354 e. The Morgan fingerprint density at radius 2 is 2.00 bits per heavy atom. The van der Waals surface area contributed by atoms with E-state index in [1.54, 1.807) is 17.9 Å². The predicted octanol–water partition coefficient (Wildman–Crippen LogP) is 3.40. The summed E-state index contributed by atoms with van der Waals surface area (Å²) in [7, 11) is 0. The van der Waals surface area contributed by atoms with Gasteiger partial charge in [0, 0.05) is 18.0 Å². The van der Waals surface area contributed by atoms with Crippen LogP contribution in [0.3, 0.4) is 0 Å². The molecule has 1 aliphatic heterocycles. The number of hydrogen-bond donors (Lipinski definition) is 1. The minimum atomic E-state index is -1.22. The van der Waals surface area contributed by atoms with Crippen LogP contribution in [-0.4, -0.2) is 29.7 Å². The molecule has 1 aliphatic rings. The maximum absolute atomic E-state index is 13.2. The molecule has 4 nitrogen and oxygen atoms in total. The molecule has 1 N–H and O–H groups in total. The summed E-state index contributed by atoms with van der Waals surface area (Å²) in [6, 6.07) is 13.9. The number of thioether (sulfide) groups is 1. The van der Waals surface area contributed by atoms with Gasteiger partial charge in [0.15, 0.2) is 4.75 Å². The second-order valence-electron chi connectivity index (χ2n) is 6.29. The molecule has 0 saturated heterocycles. The van der Waals surface area contributed by atoms with Crippen LogP contribution >= 0.6 is 11.8 Å². The molecule has 3 rings (SSSR count). The average molecular weight is 372 g/mol. The number of nitrogens with one attached hydrogen (secondary N) is 1. The van der Waals surface area contributed by atoms with Crippen molar-refractivity contribution in [3.8, 4) is 0 Å². The van der Waals surface area contributed by atoms with E-state index in [0.29, 0.717) is 19.5 Å². The minimum Gasteiger partial charge on any atom is -0.354 e. The van der Waals surface area contributed by atoms with Crippen LogP contribution < -0.4 is 10.2 Å². The van der Waals surface area contributed by atoms with Crippen molar-refractivity contribution in [3.05, 3.63) is 59.9 Å². The highest BCUT2D eigenvalue weighted by atomic mass is 32.2. The number of nitrogens with zero attached hydrogens (tertiary/aromatic N) is 1. The molecular weight excluding hydrogens is 351 g/mol. The molecule has 0 aliphatic carbocycles. The molecule has 0 radical (unpaired) electrons. The molecule has 2 aromatic carbocycles. The first-order valence-corrected chi connectivity index (χ1v) is 9.40. The fourth-order valence-electron chi connectivity index (χ4n) is 3.04. The first-order chi connectivity index (χ1) is 12.5. The zero-order valence-electron chi connectivity index (χ0n) is 14.8. The number of anilines is 1. The van der Waals surface area contributed by atoms with Crippen LogP contribution in [0.25, 0.3) is 0 Å². The topological polar surface area (TPSA) is 49.4 Å². The zero-order valence-corrected chi connectivity index (χ0v) is 15.6. The number of amides is 2. The second kappa shape index (κ2) is 7.50. The molecule has 136 valence electrons. The molecule has 2 amide bonds. The highest BCUT2D eigenvalue weighted by Gasteiger charge is 2.48. The van der Waals surface area contributed by atoms with E-state index < -0.39 is 4.75 Å². The van der Waals surface area contributed by atoms with Crippen molar-refractivity contribution in [2.45, 2.75) is 29.9 Å². The van der Waals surface area contributed by atoms with Crippen LogP contribution in [0.1, 0.15) is 19.4 Å². The first kappa shape index (κ1) is 18.5. The summed E-state index contributed by atoms with van der Waals surface area (Å²) in [6.45, 7) is 4.41. The van der Waals surface area contributed by atoms with Gasteiger partial charge in [-0.2, -0.15) is 0 Å². The number of hydrogen-bond acceptors (Lipinski definition) is 3. The highest BCUT2D eigenvalue weighted by molar-refractivity contribution is 8.02. The van der Waals surface area contributed by atoms with Gasteiger partial charge in [-0.1, -0.05) is 36.0 Å². The smallest absolute Gasteiger partial charge is 0.252 e. The van der Waals surface area contributed by atoms with E-state index >= 15 is 0 Å². The number of benzene rings is 2. The van der Waals surface area contributed by atoms with Crippen LogP contribution in [0.15, 0.2) is 53.4 Å². The summed E-state index contributed by atoms with van der Waals surface area (Å²) in [6.07, 6.45) is 0.506. The highest BCUT2D eigenvalue weighted by Crippen LogP contribution is 2.45. The van der Waals surface area contributed by atoms with E-state index in [4.69, 9.17) is 0 Å². The van der Waals surface area contributed by atoms with E-state index in [0.717, 1.165) is 16.1 Å². The van der Waals surface area contributed by atoms with E-state index in [-0.39, 0.29) is 17.6 Å². The third kappa shape index (κ3) is 3.46. The lowest BCUT2D eigenvalue weighted by Gasteiger charge is -2.38. The third-order valence-corrected chi connectivity index (χ3v) is 5.79. The van der Waals surface area contributed by atoms with Crippen molar-refractivity contribution in [2.24, 2.45) is 0 Å². The molecule has 0 aromatic heterocycles. The van der Waals surface area contributed by atoms with Crippen molar-refractivity contribution in [2.75, 3.05) is 18.0 Å². The van der Waals surface area contributed by atoms with Gasteiger partial charge in [0.05, 0.1) is 5.69 Å². The van der Waals surface area contributed by atoms with Crippen molar-refractivity contribution < 1.29 is 14.0 Å². The molecule has 1 unspecified atom stereocenters. The maximum Gasteiger partial charge on any atom is 0.252 e. The molecule has 0 bridgehead atoms. The Balaban J connectivity index is 1.72. The quantitative estimate of drug-likeness (QED) is 0.819. The molecule has 0 saturated carbocycles. The predicted molar refractivity (Wildman–Crippen MR) is 102 cm³/mol. The van der Waals surface area contributed by atoms with Gasteiger partial charge in [0.25, 0.3) is 5.91 Å². The first-order valence-electron chi connectivity index (χ1n) is 8.58. The van der Waals surface area contributed by atoms with E-state index in [1.807, 2.05) is 37.3 Å². The Labute approximate surface area is 156 Å². The molecule has 26 heavy (non-hydrogen) atoms. The molecule has 0 spiro atoms. The van der Waals surface area contributed by atoms with Gasteiger partial charge in [-0.15, -0.1) is 0 Å². The lowest BCUT2D eigenvalue weighted by Crippen LogP contribution is -2.56. The van der Waals surface area contributed by atoms with Crippen molar-refractivity contribution in [3.63, 3.8) is 0 Å². The molecule has 6 heteroatoms. The number of carbonyl (C=O) groups excluding carboxylic acids is 2. The lowest BCUT2D eigenvalue weighted by atomic mass is 10.1. The monoisotopic (exact) mass is 372 g/mol. The summed E-state index contributed by atoms with van der Waals surface area (Å²) < 4.78 is 12.0. The lowest BCUT2D eigenvalue weighted by molar-refractivity contribution is -0.131. The number of halogens is 1. The van der Waals surface area contributed by atoms with Gasteiger partial charge in [-0.3, -0.25) is 9.59 Å². The number of rotatable bonds is 5. The second-order valence-corrected chi connectivity index (χ2v) is 7.75. The van der Waals surface area contributed by atoms with Crippen LogP contribution in [0.4, 0.5) is 10.1 Å². The molecule has 2 aromatic rings. The standard InChI is InChI=1S/C20H21FN2O2S/c1-3-23-16-9-4-5-10-17(16)26-20(2,19(23)25)18(24)22-12-11-14-7-6-8-15(21)13-14/h4-10,13H,3,11-12H2,1-2H3,(H,22,24). The summed E-state index contributed by atoms with van der Waals surface area (Å²) >= 11 is 1.28. The molecule has 1 heterocycles. The van der Waals surface area contributed by atoms with Crippen LogP contribution in [0.2, 0.25) is 0 Å². The van der Waals surface area contributed by atoms with Gasteiger partial charge in [0.2, 0.25) is 5.91 Å². The van der Waals surface area contributed by atoms with Crippen LogP contribution in [0.5, 0.6) is 0 Å². The van der Waals surface area contributed by atoms with Gasteiger partial charge < -0.3 is 10.2 Å². The average Bonchev–Trinajstić information content (AvgIpc) is 2.63. The Bertz CT molecular complexity index is 842. The Morgan fingerprint density at radius 1 is 1.23 bits per heavy atom. The Kier molecular flexibility index (Phi) is 5.32. The number of carbonyl (C=O) groups is 2. The van der Waals surface area contributed by atoms with Crippen molar-refractivity contribution in [1.29, 1.82) is 0 Å². The molecular formula is C20H21FN2O2S. The fraction of sp³-hybridized carbons (Fsp3) is 0.300. The fourth-order valence-corrected chi connectivity index (χ4v) is 4.27. The summed E-state index contributed by atoms with van der Waals surface area (Å²) in [5.74, 6) is -0.835. The Hall–Kier alpha value is -2.34. The minimum absolute atomic E-state index is 0.216. The van der Waals surface area contributed by atoms with Crippen molar-refractivity contribution >= 4 is 29.3 Å². The SMILES string of the molecule is CCN1C(=O)C(C)(C(=O)NCCc2cccc(F)c2)Sc2ccccc21. The van der Waals surface area contributed by atoms with Crippen LogP contribution in [-0.2, 0) is 16.0 Å². The number of fused-ring (bicyclic) bond motifs is 1. The summed E-state index contributed by atoms with van der Waals surface area (Å²) in [5.41, 5.74) is 1.65.